The summed E-state index contributed by atoms with van der Waals surface area (Å²) >= 11 is 1.63. The largest absolute Gasteiger partial charge is 0.468 e. The van der Waals surface area contributed by atoms with Gasteiger partial charge < -0.3 is 4.74 Å². The fourth-order valence-electron chi connectivity index (χ4n) is 3.71. The van der Waals surface area contributed by atoms with E-state index in [-0.39, 0.29) is 19.0 Å². The van der Waals surface area contributed by atoms with Crippen molar-refractivity contribution in [3.63, 3.8) is 0 Å². The number of benzene rings is 1. The molecule has 4 rings (SSSR count). The molecule has 27 heavy (non-hydrogen) atoms. The zero-order chi connectivity index (χ0) is 19.0. The molecule has 0 saturated heterocycles. The van der Waals surface area contributed by atoms with Crippen LogP contribution >= 0.6 is 11.3 Å². The van der Waals surface area contributed by atoms with E-state index >= 15 is 0 Å². The number of carbonyl (C=O) groups excluding carboxylic acids is 2. The monoisotopic (exact) mass is 382 g/mol. The Morgan fingerprint density at radius 1 is 1.22 bits per heavy atom. The number of aliphatic imine (C=N–C) groups is 1. The summed E-state index contributed by atoms with van der Waals surface area (Å²) in [5.41, 5.74) is 5.40. The molecule has 1 amide bonds. The minimum atomic E-state index is -0.417. The molecule has 0 spiro atoms. The van der Waals surface area contributed by atoms with Crippen LogP contribution in [0.4, 0.5) is 5.00 Å². The van der Waals surface area contributed by atoms with Gasteiger partial charge in [0, 0.05) is 16.0 Å². The molecular weight excluding hydrogens is 360 g/mol. The molecule has 1 aromatic heterocycles. The summed E-state index contributed by atoms with van der Waals surface area (Å²) < 4.78 is 4.82. The lowest BCUT2D eigenvalue weighted by molar-refractivity contribution is -0.139. The number of aryl methyl sites for hydroxylation is 2. The van der Waals surface area contributed by atoms with Crippen molar-refractivity contribution in [2.24, 2.45) is 4.99 Å². The van der Waals surface area contributed by atoms with Gasteiger partial charge in [-0.15, -0.1) is 11.3 Å². The molecule has 140 valence electrons. The zero-order valence-corrected chi connectivity index (χ0v) is 16.4. The minimum absolute atomic E-state index is 0.0381. The van der Waals surface area contributed by atoms with Gasteiger partial charge in [-0.2, -0.15) is 0 Å². The van der Waals surface area contributed by atoms with E-state index in [0.717, 1.165) is 47.5 Å². The molecule has 2 heterocycles. The number of hydrogen-bond acceptors (Lipinski definition) is 5. The van der Waals surface area contributed by atoms with Gasteiger partial charge >= 0.3 is 5.97 Å². The topological polar surface area (TPSA) is 59.0 Å². The van der Waals surface area contributed by atoms with E-state index in [9.17, 15) is 9.59 Å². The molecule has 2 aliphatic rings. The van der Waals surface area contributed by atoms with Crippen LogP contribution in [0.1, 0.15) is 40.0 Å². The van der Waals surface area contributed by atoms with Crippen LogP contribution in [-0.2, 0) is 27.2 Å². The van der Waals surface area contributed by atoms with Gasteiger partial charge in [-0.3, -0.25) is 19.5 Å². The Morgan fingerprint density at radius 3 is 2.70 bits per heavy atom. The van der Waals surface area contributed by atoms with E-state index in [1.165, 1.54) is 23.1 Å². The summed E-state index contributed by atoms with van der Waals surface area (Å²) in [6.45, 7) is 2.02. The van der Waals surface area contributed by atoms with Crippen molar-refractivity contribution in [1.29, 1.82) is 0 Å². The van der Waals surface area contributed by atoms with Crippen LogP contribution in [0.25, 0.3) is 0 Å². The lowest BCUT2D eigenvalue weighted by atomic mass is 9.91. The van der Waals surface area contributed by atoms with Gasteiger partial charge in [-0.1, -0.05) is 29.8 Å². The highest BCUT2D eigenvalue weighted by atomic mass is 32.1. The molecule has 0 saturated carbocycles. The first-order chi connectivity index (χ1) is 13.1. The number of esters is 1. The number of nitrogens with zero attached hydrogens (tertiary/aromatic N) is 2. The number of amides is 1. The Kier molecular flexibility index (Phi) is 4.83. The van der Waals surface area contributed by atoms with E-state index in [1.54, 1.807) is 16.2 Å². The second kappa shape index (κ2) is 7.27. The third kappa shape index (κ3) is 3.30. The van der Waals surface area contributed by atoms with Crippen LogP contribution in [0, 0.1) is 6.92 Å². The highest BCUT2D eigenvalue weighted by molar-refractivity contribution is 7.17. The molecule has 0 bridgehead atoms. The highest BCUT2D eigenvalue weighted by Gasteiger charge is 2.33. The predicted octanol–water partition coefficient (Wildman–Crippen LogP) is 3.29. The fraction of sp³-hybridized carbons (Fsp3) is 0.381. The number of ether oxygens (including phenoxy) is 1. The van der Waals surface area contributed by atoms with Gasteiger partial charge in [0.25, 0.3) is 0 Å². The van der Waals surface area contributed by atoms with Crippen molar-refractivity contribution in [3.8, 4) is 0 Å². The third-order valence-corrected chi connectivity index (χ3v) is 6.46. The van der Waals surface area contributed by atoms with Crippen molar-refractivity contribution >= 4 is 33.9 Å². The normalized spacial score (nSPS) is 16.3. The zero-order valence-electron chi connectivity index (χ0n) is 15.6. The van der Waals surface area contributed by atoms with Crippen LogP contribution in [0.5, 0.6) is 0 Å². The third-order valence-electron chi connectivity index (χ3n) is 5.15. The minimum Gasteiger partial charge on any atom is -0.468 e. The maximum Gasteiger partial charge on any atom is 0.325 e. The van der Waals surface area contributed by atoms with Gasteiger partial charge in [0.05, 0.1) is 12.8 Å². The first-order valence-electron chi connectivity index (χ1n) is 9.22. The summed E-state index contributed by atoms with van der Waals surface area (Å²) in [5.74, 6) is -0.582. The van der Waals surface area contributed by atoms with Gasteiger partial charge in [0.2, 0.25) is 5.91 Å². The van der Waals surface area contributed by atoms with Gasteiger partial charge in [0.1, 0.15) is 18.1 Å². The highest BCUT2D eigenvalue weighted by Crippen LogP contribution is 2.42. The summed E-state index contributed by atoms with van der Waals surface area (Å²) in [6.07, 6.45) is 4.32. The fourth-order valence-corrected chi connectivity index (χ4v) is 5.12. The average molecular weight is 382 g/mol. The maximum atomic E-state index is 12.8. The molecule has 0 unspecified atom stereocenters. The predicted molar refractivity (Wildman–Crippen MR) is 107 cm³/mol. The molecule has 0 atom stereocenters. The van der Waals surface area contributed by atoms with Crippen LogP contribution in [0.2, 0.25) is 0 Å². The van der Waals surface area contributed by atoms with Crippen LogP contribution < -0.4 is 4.90 Å². The van der Waals surface area contributed by atoms with Crippen molar-refractivity contribution < 1.29 is 14.3 Å². The number of methoxy groups -OCH3 is 1. The Hall–Kier alpha value is -2.47. The molecule has 1 aromatic carbocycles. The molecule has 6 heteroatoms. The van der Waals surface area contributed by atoms with Crippen LogP contribution in [0.3, 0.4) is 0 Å². The lowest BCUT2D eigenvalue weighted by Crippen LogP contribution is -2.37. The van der Waals surface area contributed by atoms with Crippen molar-refractivity contribution in [2.75, 3.05) is 25.1 Å². The Morgan fingerprint density at radius 2 is 1.96 bits per heavy atom. The van der Waals surface area contributed by atoms with E-state index < -0.39 is 5.97 Å². The van der Waals surface area contributed by atoms with Gasteiger partial charge in [-0.05, 0) is 38.2 Å². The maximum absolute atomic E-state index is 12.8. The lowest BCUT2D eigenvalue weighted by Gasteiger charge is -2.19. The standard InChI is InChI=1S/C21H22N2O3S/c1-13-7-9-14(10-8-13)20-19-15-5-3-4-6-16(15)27-21(19)23(12-18(25)26-2)17(24)11-22-20/h7-10H,3-6,11-12H2,1-2H3. The quantitative estimate of drug-likeness (QED) is 0.766. The molecule has 5 nitrogen and oxygen atoms in total. The van der Waals surface area contributed by atoms with E-state index in [0.29, 0.717) is 0 Å². The van der Waals surface area contributed by atoms with Crippen molar-refractivity contribution in [1.82, 2.24) is 0 Å². The number of thiophene rings is 1. The second-order valence-electron chi connectivity index (χ2n) is 6.98. The molecule has 0 fully saturated rings. The Bertz CT molecular complexity index is 928. The molecular formula is C21H22N2O3S. The summed E-state index contributed by atoms with van der Waals surface area (Å²) in [7, 11) is 1.35. The van der Waals surface area contributed by atoms with E-state index in [2.05, 4.69) is 36.2 Å². The molecule has 1 aliphatic heterocycles. The summed E-state index contributed by atoms with van der Waals surface area (Å²) in [4.78, 5) is 32.3. The smallest absolute Gasteiger partial charge is 0.325 e. The SMILES string of the molecule is COC(=O)CN1C(=O)CN=C(c2ccc(C)cc2)c2c1sc1c2CCCC1. The van der Waals surface area contributed by atoms with Crippen molar-refractivity contribution in [2.45, 2.75) is 32.6 Å². The summed E-state index contributed by atoms with van der Waals surface area (Å²) in [6, 6.07) is 8.25. The van der Waals surface area contributed by atoms with Gasteiger partial charge in [-0.25, -0.2) is 0 Å². The number of rotatable bonds is 3. The number of anilines is 1. The Labute approximate surface area is 162 Å². The molecule has 0 N–H and O–H groups in total. The van der Waals surface area contributed by atoms with E-state index in [1.807, 2.05) is 0 Å². The number of hydrogen-bond donors (Lipinski definition) is 0. The van der Waals surface area contributed by atoms with Crippen molar-refractivity contribution in [3.05, 3.63) is 51.4 Å². The first-order valence-corrected chi connectivity index (χ1v) is 10.0. The Balaban J connectivity index is 1.88. The second-order valence-corrected chi connectivity index (χ2v) is 8.06. The van der Waals surface area contributed by atoms with Crippen LogP contribution in [-0.4, -0.2) is 37.8 Å². The van der Waals surface area contributed by atoms with Crippen LogP contribution in [0.15, 0.2) is 29.3 Å². The molecule has 2 aromatic rings. The van der Waals surface area contributed by atoms with Gasteiger partial charge in [0.15, 0.2) is 0 Å². The first kappa shape index (κ1) is 17.9. The number of carbonyl (C=O) groups is 2. The number of fused-ring (bicyclic) bond motifs is 3. The van der Waals surface area contributed by atoms with E-state index in [4.69, 9.17) is 4.74 Å². The molecule has 1 aliphatic carbocycles. The summed E-state index contributed by atoms with van der Waals surface area (Å²) in [5, 5.41) is 0.842. The molecule has 0 radical (unpaired) electrons. The average Bonchev–Trinajstić information content (AvgIpc) is 3.00.